The second kappa shape index (κ2) is 6.69. The lowest BCUT2D eigenvalue weighted by atomic mass is 9.49. The zero-order chi connectivity index (χ0) is 18.6. The minimum atomic E-state index is -0.649. The van der Waals surface area contributed by atoms with Gasteiger partial charge in [-0.1, -0.05) is 0 Å². The van der Waals surface area contributed by atoms with Crippen LogP contribution in [0.15, 0.2) is 12.1 Å². The van der Waals surface area contributed by atoms with Crippen LogP contribution >= 0.6 is 0 Å². The Morgan fingerprint density at radius 3 is 1.96 bits per heavy atom. The van der Waals surface area contributed by atoms with Crippen molar-refractivity contribution >= 4 is 5.69 Å². The molecule has 5 fully saturated rings. The Kier molecular flexibility index (Phi) is 4.42. The van der Waals surface area contributed by atoms with E-state index < -0.39 is 6.29 Å². The number of rotatable bonds is 4. The Morgan fingerprint density at radius 2 is 1.44 bits per heavy atom. The summed E-state index contributed by atoms with van der Waals surface area (Å²) in [6, 6.07) is 4.53. The molecule has 27 heavy (non-hydrogen) atoms. The molecule has 6 rings (SSSR count). The topological polar surface area (TPSA) is 32.7 Å². The summed E-state index contributed by atoms with van der Waals surface area (Å²) in [5, 5.41) is 11.2. The molecule has 1 unspecified atom stereocenters. The van der Waals surface area contributed by atoms with Crippen molar-refractivity contribution in [3.05, 3.63) is 23.3 Å². The number of aliphatic hydroxyl groups is 1. The van der Waals surface area contributed by atoms with Crippen LogP contribution in [0.4, 0.5) is 5.69 Å². The fourth-order valence-electron chi connectivity index (χ4n) is 7.16. The molecule has 0 radical (unpaired) electrons. The summed E-state index contributed by atoms with van der Waals surface area (Å²) >= 11 is 0. The first-order valence-corrected chi connectivity index (χ1v) is 11.2. The van der Waals surface area contributed by atoms with Gasteiger partial charge in [-0.2, -0.15) is 0 Å². The molecule has 0 spiro atoms. The van der Waals surface area contributed by atoms with E-state index in [-0.39, 0.29) is 5.41 Å². The molecule has 1 aliphatic heterocycles. The Hall–Kier alpha value is -1.22. The number of anilines is 1. The Bertz CT molecular complexity index is 648. The summed E-state index contributed by atoms with van der Waals surface area (Å²) in [4.78, 5) is 2.50. The van der Waals surface area contributed by atoms with Crippen molar-refractivity contribution in [3.8, 4) is 5.75 Å². The average Bonchev–Trinajstić information content (AvgIpc) is 2.64. The van der Waals surface area contributed by atoms with Crippen LogP contribution in [0.25, 0.3) is 0 Å². The van der Waals surface area contributed by atoms with Gasteiger partial charge in [0.2, 0.25) is 6.29 Å². The van der Waals surface area contributed by atoms with E-state index in [0.717, 1.165) is 36.6 Å². The van der Waals surface area contributed by atoms with Crippen LogP contribution in [0.5, 0.6) is 5.75 Å². The van der Waals surface area contributed by atoms with Gasteiger partial charge in [0.1, 0.15) is 5.75 Å². The average molecular weight is 370 g/mol. The fraction of sp³-hybridized carbons (Fsp3) is 0.750. The van der Waals surface area contributed by atoms with Crippen LogP contribution in [0.2, 0.25) is 0 Å². The first-order chi connectivity index (χ1) is 13.0. The molecule has 1 N–H and O–H groups in total. The van der Waals surface area contributed by atoms with E-state index in [1.807, 2.05) is 0 Å². The zero-order valence-corrected chi connectivity index (χ0v) is 17.0. The molecule has 0 amide bonds. The van der Waals surface area contributed by atoms with E-state index in [1.54, 1.807) is 0 Å². The molecule has 1 aromatic rings. The van der Waals surface area contributed by atoms with E-state index in [9.17, 15) is 5.11 Å². The number of benzene rings is 1. The van der Waals surface area contributed by atoms with Crippen LogP contribution in [0, 0.1) is 37.0 Å². The number of nitrogens with zero attached hydrogens (tertiary/aromatic N) is 1. The molecule has 4 bridgehead atoms. The van der Waals surface area contributed by atoms with E-state index in [2.05, 4.69) is 30.9 Å². The number of aliphatic hydroxyl groups excluding tert-OH is 1. The second-order valence-corrected chi connectivity index (χ2v) is 10.2. The zero-order valence-electron chi connectivity index (χ0n) is 17.0. The number of ether oxygens (including phenoxy) is 1. The van der Waals surface area contributed by atoms with Crippen molar-refractivity contribution in [3.63, 3.8) is 0 Å². The van der Waals surface area contributed by atoms with Crippen LogP contribution in [-0.2, 0) is 0 Å². The minimum absolute atomic E-state index is 0.0131. The number of aryl methyl sites for hydroxylation is 2. The normalized spacial score (nSPS) is 36.1. The lowest BCUT2D eigenvalue weighted by molar-refractivity contribution is -0.190. The largest absolute Gasteiger partial charge is 0.464 e. The van der Waals surface area contributed by atoms with Gasteiger partial charge in [-0.3, -0.25) is 0 Å². The summed E-state index contributed by atoms with van der Waals surface area (Å²) in [6.07, 6.45) is 11.0. The summed E-state index contributed by atoms with van der Waals surface area (Å²) < 4.78 is 6.34. The van der Waals surface area contributed by atoms with Crippen molar-refractivity contribution < 1.29 is 9.84 Å². The Balaban J connectivity index is 1.36. The van der Waals surface area contributed by atoms with Gasteiger partial charge in [-0.05, 0) is 113 Å². The highest BCUT2D eigenvalue weighted by molar-refractivity contribution is 5.57. The lowest BCUT2D eigenvalue weighted by Gasteiger charge is -2.57. The maximum atomic E-state index is 11.2. The molecule has 1 heterocycles. The molecule has 5 aliphatic rings. The van der Waals surface area contributed by atoms with Crippen molar-refractivity contribution in [1.82, 2.24) is 0 Å². The second-order valence-electron chi connectivity index (χ2n) is 10.2. The third-order valence-electron chi connectivity index (χ3n) is 8.01. The van der Waals surface area contributed by atoms with Gasteiger partial charge in [0.15, 0.2) is 0 Å². The summed E-state index contributed by atoms with van der Waals surface area (Å²) in [6.45, 7) is 6.61. The van der Waals surface area contributed by atoms with E-state index in [4.69, 9.17) is 4.74 Å². The summed E-state index contributed by atoms with van der Waals surface area (Å²) in [7, 11) is 0. The molecule has 4 saturated carbocycles. The first-order valence-electron chi connectivity index (χ1n) is 11.2. The molecule has 1 aromatic carbocycles. The Morgan fingerprint density at radius 1 is 0.926 bits per heavy atom. The summed E-state index contributed by atoms with van der Waals surface area (Å²) in [5.74, 6) is 3.41. The SMILES string of the molecule is Cc1cc(N2CCCCC2)cc(C)c1OC(O)C12CC3CC(CC(C3)C1)C2. The third kappa shape index (κ3) is 3.16. The highest BCUT2D eigenvalue weighted by atomic mass is 16.6. The predicted molar refractivity (Wildman–Crippen MR) is 109 cm³/mol. The maximum Gasteiger partial charge on any atom is 0.203 e. The molecule has 1 saturated heterocycles. The van der Waals surface area contributed by atoms with Crippen LogP contribution in [0.3, 0.4) is 0 Å². The lowest BCUT2D eigenvalue weighted by Crippen LogP contribution is -2.53. The smallest absolute Gasteiger partial charge is 0.203 e. The highest BCUT2D eigenvalue weighted by Crippen LogP contribution is 2.61. The van der Waals surface area contributed by atoms with Crippen molar-refractivity contribution in [1.29, 1.82) is 0 Å². The molecular formula is C24H35NO2. The number of hydrogen-bond donors (Lipinski definition) is 1. The maximum absolute atomic E-state index is 11.2. The first kappa shape index (κ1) is 17.8. The van der Waals surface area contributed by atoms with E-state index in [0.29, 0.717) is 0 Å². The van der Waals surface area contributed by atoms with Gasteiger partial charge in [0, 0.05) is 24.2 Å². The molecule has 0 aromatic heterocycles. The summed E-state index contributed by atoms with van der Waals surface area (Å²) in [5.41, 5.74) is 3.67. The standard InChI is InChI=1S/C24H35NO2/c1-16-8-21(25-6-4-3-5-7-25)9-17(2)22(16)27-23(26)24-13-18-10-19(14-24)12-20(11-18)15-24/h8-9,18-20,23,26H,3-7,10-15H2,1-2H3. The van der Waals surface area contributed by atoms with Gasteiger partial charge in [0.05, 0.1) is 0 Å². The van der Waals surface area contributed by atoms with E-state index >= 15 is 0 Å². The molecule has 3 nitrogen and oxygen atoms in total. The van der Waals surface area contributed by atoms with Crippen molar-refractivity contribution in [2.75, 3.05) is 18.0 Å². The Labute approximate surface area is 164 Å². The van der Waals surface area contributed by atoms with Gasteiger partial charge < -0.3 is 14.7 Å². The van der Waals surface area contributed by atoms with Crippen LogP contribution in [-0.4, -0.2) is 24.5 Å². The predicted octanol–water partition coefficient (Wildman–Crippen LogP) is 5.21. The monoisotopic (exact) mass is 369 g/mol. The van der Waals surface area contributed by atoms with Gasteiger partial charge >= 0.3 is 0 Å². The molecule has 4 aliphatic carbocycles. The number of hydrogen-bond acceptors (Lipinski definition) is 3. The molecule has 148 valence electrons. The van der Waals surface area contributed by atoms with Gasteiger partial charge in [0.25, 0.3) is 0 Å². The van der Waals surface area contributed by atoms with Crippen LogP contribution in [0.1, 0.15) is 68.9 Å². The van der Waals surface area contributed by atoms with E-state index in [1.165, 1.54) is 74.6 Å². The number of piperidine rings is 1. The van der Waals surface area contributed by atoms with Gasteiger partial charge in [-0.15, -0.1) is 0 Å². The van der Waals surface area contributed by atoms with Crippen LogP contribution < -0.4 is 9.64 Å². The molecule has 1 atom stereocenters. The minimum Gasteiger partial charge on any atom is -0.464 e. The molecular weight excluding hydrogens is 334 g/mol. The third-order valence-corrected chi connectivity index (χ3v) is 8.01. The molecule has 3 heteroatoms. The van der Waals surface area contributed by atoms with Crippen molar-refractivity contribution in [2.24, 2.45) is 23.2 Å². The highest BCUT2D eigenvalue weighted by Gasteiger charge is 2.55. The fourth-order valence-corrected chi connectivity index (χ4v) is 7.16. The van der Waals surface area contributed by atoms with Crippen molar-refractivity contribution in [2.45, 2.75) is 77.9 Å². The van der Waals surface area contributed by atoms with Gasteiger partial charge in [-0.25, -0.2) is 0 Å². The quantitative estimate of drug-likeness (QED) is 0.740.